The molecule has 3 rings (SSSR count). The van der Waals surface area contributed by atoms with Crippen molar-refractivity contribution < 1.29 is 19.1 Å². The van der Waals surface area contributed by atoms with Crippen LogP contribution in [-0.2, 0) is 19.1 Å². The Kier molecular flexibility index (Phi) is 4.48. The monoisotopic (exact) mass is 326 g/mol. The van der Waals surface area contributed by atoms with Crippen LogP contribution in [0.3, 0.4) is 0 Å². The molecule has 0 saturated carbocycles. The van der Waals surface area contributed by atoms with Crippen molar-refractivity contribution >= 4 is 29.8 Å². The third-order valence-corrected chi connectivity index (χ3v) is 4.11. The maximum absolute atomic E-state index is 12.1. The number of rotatable bonds is 3. The minimum absolute atomic E-state index is 0.103. The van der Waals surface area contributed by atoms with Gasteiger partial charge in [0, 0.05) is 10.5 Å². The van der Waals surface area contributed by atoms with Crippen molar-refractivity contribution in [2.45, 2.75) is 11.2 Å². The van der Waals surface area contributed by atoms with E-state index in [1.807, 2.05) is 36.6 Å². The zero-order valence-electron chi connectivity index (χ0n) is 12.4. The molecule has 0 spiro atoms. The quantitative estimate of drug-likeness (QED) is 0.373. The summed E-state index contributed by atoms with van der Waals surface area (Å²) in [7, 11) is 0. The van der Waals surface area contributed by atoms with Gasteiger partial charge in [-0.15, -0.1) is 11.8 Å². The number of thioether (sulfide) groups is 1. The van der Waals surface area contributed by atoms with Crippen LogP contribution in [0.25, 0.3) is 6.08 Å². The van der Waals surface area contributed by atoms with Crippen LogP contribution in [0, 0.1) is 0 Å². The molecular weight excluding hydrogens is 312 g/mol. The summed E-state index contributed by atoms with van der Waals surface area (Å²) in [5.41, 5.74) is 1.26. The Balaban J connectivity index is 1.81. The Labute approximate surface area is 138 Å². The highest BCUT2D eigenvalue weighted by Crippen LogP contribution is 2.27. The normalized spacial score (nSPS) is 17.4. The lowest BCUT2D eigenvalue weighted by Crippen LogP contribution is -2.29. The Morgan fingerprint density at radius 3 is 2.09 bits per heavy atom. The summed E-state index contributed by atoms with van der Waals surface area (Å²) in [6.45, 7) is 0. The Morgan fingerprint density at radius 2 is 1.52 bits per heavy atom. The molecule has 0 aliphatic carbocycles. The molecule has 2 aromatic rings. The number of cyclic esters (lactones) is 2. The maximum atomic E-state index is 12.1. The number of benzene rings is 2. The van der Waals surface area contributed by atoms with Crippen LogP contribution in [0.4, 0.5) is 0 Å². The van der Waals surface area contributed by atoms with Gasteiger partial charge in [-0.2, -0.15) is 0 Å². The molecule has 1 fully saturated rings. The Hall–Kier alpha value is -2.53. The fourth-order valence-electron chi connectivity index (χ4n) is 2.16. The molecule has 1 aliphatic rings. The molecule has 5 heteroatoms. The molecule has 0 amide bonds. The van der Waals surface area contributed by atoms with Gasteiger partial charge in [-0.3, -0.25) is 0 Å². The maximum Gasteiger partial charge on any atom is 0.348 e. The van der Waals surface area contributed by atoms with E-state index < -0.39 is 18.2 Å². The van der Waals surface area contributed by atoms with Gasteiger partial charge in [0.1, 0.15) is 5.57 Å². The number of hydrogen-bond donors (Lipinski definition) is 0. The van der Waals surface area contributed by atoms with Crippen LogP contribution in [0.1, 0.15) is 17.4 Å². The highest BCUT2D eigenvalue weighted by Gasteiger charge is 2.34. The summed E-state index contributed by atoms with van der Waals surface area (Å²) >= 11 is 1.62. The SMILES string of the molecule is CSc1ccc(C=C2C(=O)OC(c3ccccc3)OC2=O)cc1. The standard InChI is InChI=1S/C18H14O4S/c1-23-14-9-7-12(8-10-14)11-15-16(19)21-18(22-17(15)20)13-5-3-2-4-6-13/h2-11,18H,1H3. The highest BCUT2D eigenvalue weighted by atomic mass is 32.2. The predicted molar refractivity (Wildman–Crippen MR) is 87.6 cm³/mol. The van der Waals surface area contributed by atoms with E-state index >= 15 is 0 Å². The average molecular weight is 326 g/mol. The first-order chi connectivity index (χ1) is 11.2. The number of carbonyl (C=O) groups excluding carboxylic acids is 2. The molecule has 0 atom stereocenters. The van der Waals surface area contributed by atoms with Gasteiger partial charge in [0.2, 0.25) is 0 Å². The molecule has 116 valence electrons. The predicted octanol–water partition coefficient (Wildman–Crippen LogP) is 3.59. The lowest BCUT2D eigenvalue weighted by Gasteiger charge is -2.23. The fraction of sp³-hybridized carbons (Fsp3) is 0.111. The summed E-state index contributed by atoms with van der Waals surface area (Å²) in [6, 6.07) is 16.4. The Morgan fingerprint density at radius 1 is 0.913 bits per heavy atom. The first-order valence-electron chi connectivity index (χ1n) is 7.00. The van der Waals surface area contributed by atoms with Gasteiger partial charge in [-0.25, -0.2) is 9.59 Å². The summed E-state index contributed by atoms with van der Waals surface area (Å²) in [4.78, 5) is 25.3. The lowest BCUT2D eigenvalue weighted by atomic mass is 10.1. The van der Waals surface area contributed by atoms with Crippen LogP contribution < -0.4 is 0 Å². The van der Waals surface area contributed by atoms with Gasteiger partial charge in [-0.1, -0.05) is 42.5 Å². The molecule has 0 radical (unpaired) electrons. The summed E-state index contributed by atoms with van der Waals surface area (Å²) in [5, 5.41) is 0. The number of hydrogen-bond acceptors (Lipinski definition) is 5. The minimum atomic E-state index is -0.993. The summed E-state index contributed by atoms with van der Waals surface area (Å²) < 4.78 is 10.4. The third kappa shape index (κ3) is 3.46. The molecule has 0 bridgehead atoms. The molecular formula is C18H14O4S. The number of ether oxygens (including phenoxy) is 2. The van der Waals surface area contributed by atoms with Crippen molar-refractivity contribution in [1.29, 1.82) is 0 Å². The molecule has 1 aliphatic heterocycles. The summed E-state index contributed by atoms with van der Waals surface area (Å²) in [6.07, 6.45) is 2.47. The van der Waals surface area contributed by atoms with E-state index in [4.69, 9.17) is 9.47 Å². The largest absolute Gasteiger partial charge is 0.417 e. The topological polar surface area (TPSA) is 52.6 Å². The molecule has 2 aromatic carbocycles. The molecule has 0 unspecified atom stereocenters. The smallest absolute Gasteiger partial charge is 0.348 e. The van der Waals surface area contributed by atoms with Crippen molar-refractivity contribution in [2.75, 3.05) is 6.26 Å². The van der Waals surface area contributed by atoms with Crippen molar-refractivity contribution in [3.63, 3.8) is 0 Å². The second-order valence-electron chi connectivity index (χ2n) is 4.88. The van der Waals surface area contributed by atoms with Gasteiger partial charge >= 0.3 is 11.9 Å². The first kappa shape index (κ1) is 15.4. The van der Waals surface area contributed by atoms with Crippen molar-refractivity contribution in [3.8, 4) is 0 Å². The second kappa shape index (κ2) is 6.71. The highest BCUT2D eigenvalue weighted by molar-refractivity contribution is 7.98. The zero-order valence-corrected chi connectivity index (χ0v) is 13.2. The second-order valence-corrected chi connectivity index (χ2v) is 5.76. The van der Waals surface area contributed by atoms with Gasteiger partial charge in [-0.05, 0) is 30.0 Å². The molecule has 0 aromatic heterocycles. The molecule has 0 N–H and O–H groups in total. The number of carbonyl (C=O) groups is 2. The van der Waals surface area contributed by atoms with E-state index in [9.17, 15) is 9.59 Å². The van der Waals surface area contributed by atoms with Crippen molar-refractivity contribution in [2.24, 2.45) is 0 Å². The third-order valence-electron chi connectivity index (χ3n) is 3.37. The van der Waals surface area contributed by atoms with E-state index in [1.165, 1.54) is 6.08 Å². The van der Waals surface area contributed by atoms with Crippen LogP contribution >= 0.6 is 11.8 Å². The van der Waals surface area contributed by atoms with E-state index in [2.05, 4.69) is 0 Å². The Bertz CT molecular complexity index is 730. The van der Waals surface area contributed by atoms with Gasteiger partial charge < -0.3 is 9.47 Å². The first-order valence-corrected chi connectivity index (χ1v) is 8.22. The van der Waals surface area contributed by atoms with Gasteiger partial charge in [0.05, 0.1) is 0 Å². The van der Waals surface area contributed by atoms with Crippen LogP contribution in [0.5, 0.6) is 0 Å². The lowest BCUT2D eigenvalue weighted by molar-refractivity contribution is -0.195. The molecule has 1 heterocycles. The molecule has 4 nitrogen and oxygen atoms in total. The fourth-order valence-corrected chi connectivity index (χ4v) is 2.57. The molecule has 23 heavy (non-hydrogen) atoms. The van der Waals surface area contributed by atoms with Crippen molar-refractivity contribution in [1.82, 2.24) is 0 Å². The van der Waals surface area contributed by atoms with Crippen molar-refractivity contribution in [3.05, 3.63) is 71.3 Å². The number of esters is 2. The van der Waals surface area contributed by atoms with Crippen LogP contribution in [0.2, 0.25) is 0 Å². The van der Waals surface area contributed by atoms with E-state index in [0.29, 0.717) is 5.56 Å². The summed E-state index contributed by atoms with van der Waals surface area (Å²) in [5.74, 6) is -1.35. The van der Waals surface area contributed by atoms with E-state index in [0.717, 1.165) is 10.5 Å². The average Bonchev–Trinajstić information content (AvgIpc) is 2.59. The van der Waals surface area contributed by atoms with Crippen LogP contribution in [-0.4, -0.2) is 18.2 Å². The van der Waals surface area contributed by atoms with E-state index in [-0.39, 0.29) is 5.57 Å². The molecule has 1 saturated heterocycles. The zero-order chi connectivity index (χ0) is 16.2. The van der Waals surface area contributed by atoms with Crippen LogP contribution in [0.15, 0.2) is 65.1 Å². The minimum Gasteiger partial charge on any atom is -0.417 e. The van der Waals surface area contributed by atoms with Gasteiger partial charge in [0.25, 0.3) is 6.29 Å². The van der Waals surface area contributed by atoms with Gasteiger partial charge in [0.15, 0.2) is 0 Å². The van der Waals surface area contributed by atoms with E-state index in [1.54, 1.807) is 36.0 Å².